The minimum atomic E-state index is 0. The van der Waals surface area contributed by atoms with E-state index in [1.807, 2.05) is 52.0 Å². The van der Waals surface area contributed by atoms with Gasteiger partial charge in [-0.2, -0.15) is 0 Å². The van der Waals surface area contributed by atoms with Crippen molar-refractivity contribution in [2.45, 2.75) is 40.5 Å². The van der Waals surface area contributed by atoms with Gasteiger partial charge in [-0.1, -0.05) is 79.4 Å². The molecule has 2 radical (unpaired) electrons. The summed E-state index contributed by atoms with van der Waals surface area (Å²) < 4.78 is 0. The molecule has 0 unspecified atom stereocenters. The van der Waals surface area contributed by atoms with E-state index in [4.69, 9.17) is 19.9 Å². The van der Waals surface area contributed by atoms with Crippen LogP contribution in [0.1, 0.15) is 65.3 Å². The third-order valence-electron chi connectivity index (χ3n) is 7.89. The molecule has 3 aromatic heterocycles. The largest absolute Gasteiger partial charge is 3.00 e. The Hall–Kier alpha value is -3.30. The van der Waals surface area contributed by atoms with Gasteiger partial charge in [-0.25, -0.2) is 20.5 Å². The number of aromatic nitrogens is 4. The number of allylic oxidation sites excluding steroid dienone is 6. The molecule has 2 N–H and O–H groups in total. The molecule has 5 rings (SSSR count). The smallest absolute Gasteiger partial charge is 0.657 e. The van der Waals surface area contributed by atoms with Gasteiger partial charge in [-0.15, -0.1) is 22.1 Å². The topological polar surface area (TPSA) is 113 Å². The SMILES string of the molecule is C=CC1=C(C)c2cc3[n-]c(cc4nc(cc5[n-]c(cc1n2)c(C)c5C=C)C(C)=C4CC(=C)OO)c(C)c3CC(=C)OO.[CH3-].[Fe+3].[Y]. The van der Waals surface area contributed by atoms with Gasteiger partial charge in [-0.3, -0.25) is 0 Å². The van der Waals surface area contributed by atoms with E-state index < -0.39 is 0 Å². The van der Waals surface area contributed by atoms with Crippen molar-refractivity contribution >= 4 is 50.4 Å². The Balaban J connectivity index is 0.00000235. The molecule has 3 aromatic rings. The normalized spacial score (nSPS) is 12.0. The van der Waals surface area contributed by atoms with Crippen molar-refractivity contribution in [3.8, 4) is 0 Å². The van der Waals surface area contributed by atoms with Gasteiger partial charge >= 0.3 is 17.1 Å². The summed E-state index contributed by atoms with van der Waals surface area (Å²) in [6.45, 7) is 23.6. The zero-order chi connectivity index (χ0) is 30.3. The zero-order valence-corrected chi connectivity index (χ0v) is 30.1. The molecule has 0 aromatic carbocycles. The molecule has 2 aliphatic rings. The van der Waals surface area contributed by atoms with Crippen molar-refractivity contribution in [1.29, 1.82) is 0 Å². The van der Waals surface area contributed by atoms with Crippen LogP contribution in [-0.2, 0) is 66.0 Å². The van der Waals surface area contributed by atoms with E-state index in [1.165, 1.54) is 0 Å². The second-order valence-electron chi connectivity index (χ2n) is 10.4. The third kappa shape index (κ3) is 7.09. The maximum atomic E-state index is 9.26. The van der Waals surface area contributed by atoms with E-state index >= 15 is 0 Å². The molecule has 0 atom stereocenters. The molecule has 8 bridgehead atoms. The van der Waals surface area contributed by atoms with E-state index in [9.17, 15) is 10.5 Å². The first-order valence-corrected chi connectivity index (χ1v) is 13.4. The molecule has 10 heteroatoms. The third-order valence-corrected chi connectivity index (χ3v) is 7.89. The average molecular weight is 720 g/mol. The first-order valence-electron chi connectivity index (χ1n) is 13.4. The van der Waals surface area contributed by atoms with E-state index in [0.717, 1.165) is 72.7 Å². The average Bonchev–Trinajstić information content (AvgIpc) is 3.63. The summed E-state index contributed by atoms with van der Waals surface area (Å²) in [6, 6.07) is 7.72. The summed E-state index contributed by atoms with van der Waals surface area (Å²) in [5.74, 6) is 0.376. The molecule has 5 heterocycles. The van der Waals surface area contributed by atoms with Crippen LogP contribution in [-0.4, -0.2) is 20.5 Å². The van der Waals surface area contributed by atoms with Crippen LogP contribution in [0, 0.1) is 21.3 Å². The molecule has 8 nitrogen and oxygen atoms in total. The van der Waals surface area contributed by atoms with Crippen molar-refractivity contribution in [3.63, 3.8) is 0 Å². The van der Waals surface area contributed by atoms with E-state index in [1.54, 1.807) is 12.2 Å². The Labute approximate surface area is 299 Å². The summed E-state index contributed by atoms with van der Waals surface area (Å²) in [7, 11) is 0. The minimum absolute atomic E-state index is 0. The van der Waals surface area contributed by atoms with Crippen molar-refractivity contribution in [3.05, 3.63) is 121 Å². The predicted octanol–water partition coefficient (Wildman–Crippen LogP) is 8.26. The molecule has 0 aliphatic carbocycles. The fourth-order valence-corrected chi connectivity index (χ4v) is 5.42. The molecule has 0 spiro atoms. The van der Waals surface area contributed by atoms with E-state index in [2.05, 4.69) is 36.1 Å². The van der Waals surface area contributed by atoms with Crippen LogP contribution in [0.15, 0.2) is 68.2 Å². The molecule has 230 valence electrons. The van der Waals surface area contributed by atoms with Crippen LogP contribution in [0.2, 0.25) is 0 Å². The number of fused-ring (bicyclic) bond motifs is 8. The van der Waals surface area contributed by atoms with Gasteiger partial charge in [0.2, 0.25) is 0 Å². The minimum Gasteiger partial charge on any atom is -0.657 e. The molecule has 2 aliphatic heterocycles. The monoisotopic (exact) mass is 720 g/mol. The Morgan fingerprint density at radius 1 is 0.733 bits per heavy atom. The quantitative estimate of drug-likeness (QED) is 0.0787. The van der Waals surface area contributed by atoms with Crippen LogP contribution in [0.4, 0.5) is 0 Å². The van der Waals surface area contributed by atoms with Crippen molar-refractivity contribution in [1.82, 2.24) is 19.9 Å². The molecule has 45 heavy (non-hydrogen) atoms. The maximum Gasteiger partial charge on any atom is 3.00 e. The van der Waals surface area contributed by atoms with Gasteiger partial charge in [0.25, 0.3) is 0 Å². The molecule has 0 fully saturated rings. The first-order chi connectivity index (χ1) is 20.1. The Kier molecular flexibility index (Phi) is 12.9. The summed E-state index contributed by atoms with van der Waals surface area (Å²) >= 11 is 0. The van der Waals surface area contributed by atoms with Gasteiger partial charge in [0.05, 0.1) is 22.8 Å². The Bertz CT molecular complexity index is 1930. The molecule has 0 saturated heterocycles. The van der Waals surface area contributed by atoms with Gasteiger partial charge in [-0.05, 0) is 50.0 Å². The number of nitrogens with zero attached hydrogens (tertiary/aromatic N) is 4. The van der Waals surface area contributed by atoms with Crippen LogP contribution in [0.3, 0.4) is 0 Å². The molecular weight excluding hydrogens is 685 g/mol. The van der Waals surface area contributed by atoms with Gasteiger partial charge in [0.1, 0.15) is 11.5 Å². The zero-order valence-electron chi connectivity index (χ0n) is 26.1. The van der Waals surface area contributed by atoms with E-state index in [-0.39, 0.29) is 81.6 Å². The van der Waals surface area contributed by atoms with Crippen molar-refractivity contribution in [2.75, 3.05) is 0 Å². The first kappa shape index (κ1) is 37.9. The van der Waals surface area contributed by atoms with Gasteiger partial charge in [0, 0.05) is 51.1 Å². The van der Waals surface area contributed by atoms with Crippen molar-refractivity contribution < 1.29 is 70.1 Å². The van der Waals surface area contributed by atoms with Gasteiger partial charge < -0.3 is 27.2 Å². The van der Waals surface area contributed by atoms with Crippen LogP contribution in [0.25, 0.3) is 50.4 Å². The van der Waals surface area contributed by atoms with Gasteiger partial charge in [0.15, 0.2) is 0 Å². The predicted molar refractivity (Wildman–Crippen MR) is 174 cm³/mol. The Morgan fingerprint density at radius 2 is 1.24 bits per heavy atom. The van der Waals surface area contributed by atoms with Crippen LogP contribution >= 0.6 is 0 Å². The molecule has 0 amide bonds. The number of aryl methyl sites for hydroxylation is 2. The fraction of sp³-hybridized carbons (Fsp3) is 0.171. The second-order valence-corrected chi connectivity index (χ2v) is 10.4. The summed E-state index contributed by atoms with van der Waals surface area (Å²) in [5.41, 5.74) is 12.9. The van der Waals surface area contributed by atoms with Crippen LogP contribution < -0.4 is 9.97 Å². The van der Waals surface area contributed by atoms with Crippen LogP contribution in [0.5, 0.6) is 0 Å². The fourth-order valence-electron chi connectivity index (χ4n) is 5.42. The Morgan fingerprint density at radius 3 is 1.87 bits per heavy atom. The maximum absolute atomic E-state index is 9.26. The summed E-state index contributed by atoms with van der Waals surface area (Å²) in [4.78, 5) is 28.7. The number of hydrogen-bond acceptors (Lipinski definition) is 6. The standard InChI is InChI=1S/C34H32N4O4.CH3.Fe.Y/c1-9-23-19(5)27-13-31-24(10-2)20(6)28(36-31)15-33-26(12-18(4)42-40)22(8)30(38-33)16-34-25(11-17(3)41-39)21(7)29(37-34)14-32(23)35-27;;;/h9-10,13-16,39-40H,1-4,11-12H2,5-8H3;1H3;;/q-2;-1;+3;. The summed E-state index contributed by atoms with van der Waals surface area (Å²) in [5, 5.41) is 18.5. The van der Waals surface area contributed by atoms with E-state index in [0.29, 0.717) is 16.7 Å². The molecular formula is C35H35FeN4O4Y. The summed E-state index contributed by atoms with van der Waals surface area (Å²) in [6.07, 6.45) is 4.10. The number of hydrogen-bond donors (Lipinski definition) is 2. The second kappa shape index (κ2) is 15.3. The molecule has 0 saturated carbocycles. The van der Waals surface area contributed by atoms with Crippen molar-refractivity contribution in [2.24, 2.45) is 0 Å². The number of rotatable bonds is 8.